The summed E-state index contributed by atoms with van der Waals surface area (Å²) in [6, 6.07) is 15.7. The van der Waals surface area contributed by atoms with Crippen molar-refractivity contribution in [2.24, 2.45) is 0 Å². The Balaban J connectivity index is 1.42. The number of nitrogens with zero attached hydrogens (tertiary/aromatic N) is 4. The van der Waals surface area contributed by atoms with E-state index in [4.69, 9.17) is 4.98 Å². The second-order valence-corrected chi connectivity index (χ2v) is 9.35. The average molecular weight is 472 g/mol. The molecule has 1 N–H and O–H groups in total. The van der Waals surface area contributed by atoms with Crippen LogP contribution in [0.2, 0.25) is 0 Å². The van der Waals surface area contributed by atoms with Crippen LogP contribution in [-0.4, -0.2) is 44.3 Å². The normalized spacial score (nSPS) is 16.2. The zero-order valence-electron chi connectivity index (χ0n) is 18.7. The van der Waals surface area contributed by atoms with Crippen LogP contribution in [0.5, 0.6) is 0 Å². The van der Waals surface area contributed by atoms with Gasteiger partial charge in [0.15, 0.2) is 0 Å². The lowest BCUT2D eigenvalue weighted by Gasteiger charge is -2.21. The van der Waals surface area contributed by atoms with Gasteiger partial charge in [0.05, 0.1) is 15.9 Å². The number of hydrogen-bond donors (Lipinski definition) is 1. The highest BCUT2D eigenvalue weighted by molar-refractivity contribution is 7.17. The molecule has 0 unspecified atom stereocenters. The molecule has 34 heavy (non-hydrogen) atoms. The van der Waals surface area contributed by atoms with Crippen molar-refractivity contribution in [1.82, 2.24) is 19.4 Å². The van der Waals surface area contributed by atoms with E-state index in [1.54, 1.807) is 12.4 Å². The molecule has 0 radical (unpaired) electrons. The molecule has 4 heterocycles. The maximum Gasteiger partial charge on any atom is 0.268 e. The summed E-state index contributed by atoms with van der Waals surface area (Å²) in [6.45, 7) is 4.97. The Morgan fingerprint density at radius 3 is 2.79 bits per heavy atom. The molecule has 4 aromatic rings. The van der Waals surface area contributed by atoms with E-state index >= 15 is 0 Å². The zero-order valence-corrected chi connectivity index (χ0v) is 19.5. The Kier molecular flexibility index (Phi) is 6.22. The van der Waals surface area contributed by atoms with Crippen molar-refractivity contribution in [3.8, 4) is 10.4 Å². The SMILES string of the molecule is C=CC(=O)N1CCC[C@@H](n2c(NC(=O)c3ccc(-c4cccnc4)s3)nc3ccccc32)CC1. The summed E-state index contributed by atoms with van der Waals surface area (Å²) in [5.74, 6) is 0.316. The van der Waals surface area contributed by atoms with E-state index in [9.17, 15) is 9.59 Å². The van der Waals surface area contributed by atoms with E-state index in [1.807, 2.05) is 53.4 Å². The van der Waals surface area contributed by atoms with Crippen LogP contribution < -0.4 is 5.32 Å². The average Bonchev–Trinajstić information content (AvgIpc) is 3.43. The number of hydrogen-bond acceptors (Lipinski definition) is 5. The molecule has 1 aliphatic rings. The molecular weight excluding hydrogens is 446 g/mol. The quantitative estimate of drug-likeness (QED) is 0.408. The van der Waals surface area contributed by atoms with Crippen LogP contribution >= 0.6 is 11.3 Å². The van der Waals surface area contributed by atoms with Gasteiger partial charge in [0, 0.05) is 42.0 Å². The lowest BCUT2D eigenvalue weighted by molar-refractivity contribution is -0.125. The zero-order chi connectivity index (χ0) is 23.5. The summed E-state index contributed by atoms with van der Waals surface area (Å²) in [5, 5.41) is 3.05. The second-order valence-electron chi connectivity index (χ2n) is 8.27. The molecule has 8 heteroatoms. The number of carbonyl (C=O) groups is 2. The Hall–Kier alpha value is -3.78. The standard InChI is InChI=1S/C26H25N5O2S/c1-2-24(32)30-15-6-8-19(13-16-30)31-21-10-4-3-9-20(21)28-26(31)29-25(33)23-12-11-22(34-23)18-7-5-14-27-17-18/h2-5,7,9-12,14,17,19H,1,6,8,13,15-16H2,(H,28,29,33)/t19-/m1/s1. The topological polar surface area (TPSA) is 80.1 Å². The predicted molar refractivity (Wildman–Crippen MR) is 135 cm³/mol. The van der Waals surface area contributed by atoms with Crippen LogP contribution in [0.3, 0.4) is 0 Å². The first-order valence-electron chi connectivity index (χ1n) is 11.3. The van der Waals surface area contributed by atoms with Gasteiger partial charge in [-0.3, -0.25) is 19.9 Å². The molecule has 0 spiro atoms. The van der Waals surface area contributed by atoms with E-state index < -0.39 is 0 Å². The third-order valence-electron chi connectivity index (χ3n) is 6.15. The van der Waals surface area contributed by atoms with Crippen LogP contribution in [0.1, 0.15) is 35.0 Å². The molecule has 0 bridgehead atoms. The van der Waals surface area contributed by atoms with Gasteiger partial charge in [-0.05, 0) is 55.7 Å². The monoisotopic (exact) mass is 471 g/mol. The first kappa shape index (κ1) is 22.0. The molecule has 7 nitrogen and oxygen atoms in total. The molecule has 2 amide bonds. The number of likely N-dealkylation sites (tertiary alicyclic amines) is 1. The lowest BCUT2D eigenvalue weighted by Crippen LogP contribution is -2.30. The van der Waals surface area contributed by atoms with E-state index in [2.05, 4.69) is 21.4 Å². The third kappa shape index (κ3) is 4.36. The van der Waals surface area contributed by atoms with Crippen LogP contribution in [0, 0.1) is 0 Å². The highest BCUT2D eigenvalue weighted by Crippen LogP contribution is 2.32. The minimum absolute atomic E-state index is 0.0354. The van der Waals surface area contributed by atoms with Gasteiger partial charge in [-0.2, -0.15) is 0 Å². The highest BCUT2D eigenvalue weighted by Gasteiger charge is 2.25. The maximum atomic E-state index is 13.2. The number of amides is 2. The molecule has 1 atom stereocenters. The van der Waals surface area contributed by atoms with E-state index in [0.717, 1.165) is 40.7 Å². The minimum atomic E-state index is -0.186. The summed E-state index contributed by atoms with van der Waals surface area (Å²) in [7, 11) is 0. The van der Waals surface area contributed by atoms with Crippen molar-refractivity contribution < 1.29 is 9.59 Å². The summed E-state index contributed by atoms with van der Waals surface area (Å²) < 4.78 is 2.13. The van der Waals surface area contributed by atoms with Gasteiger partial charge in [-0.1, -0.05) is 24.8 Å². The predicted octanol–water partition coefficient (Wildman–Crippen LogP) is 5.15. The number of pyridine rings is 1. The van der Waals surface area contributed by atoms with Crippen LogP contribution in [0.15, 0.2) is 73.6 Å². The van der Waals surface area contributed by atoms with Gasteiger partial charge in [0.25, 0.3) is 5.91 Å². The fourth-order valence-electron chi connectivity index (χ4n) is 4.48. The highest BCUT2D eigenvalue weighted by atomic mass is 32.1. The Morgan fingerprint density at radius 1 is 1.09 bits per heavy atom. The number of imidazole rings is 1. The maximum absolute atomic E-state index is 13.2. The van der Waals surface area contributed by atoms with Crippen LogP contribution in [0.4, 0.5) is 5.95 Å². The van der Waals surface area contributed by atoms with Crippen LogP contribution in [-0.2, 0) is 4.79 Å². The Morgan fingerprint density at radius 2 is 1.97 bits per heavy atom. The van der Waals surface area contributed by atoms with Gasteiger partial charge < -0.3 is 9.47 Å². The van der Waals surface area contributed by atoms with Crippen molar-refractivity contribution in [1.29, 1.82) is 0 Å². The number of thiophene rings is 1. The number of nitrogens with one attached hydrogen (secondary N) is 1. The largest absolute Gasteiger partial charge is 0.339 e. The van der Waals surface area contributed by atoms with Crippen molar-refractivity contribution >= 4 is 40.1 Å². The number of benzene rings is 1. The Bertz CT molecular complexity index is 1340. The van der Waals surface area contributed by atoms with Gasteiger partial charge in [0.1, 0.15) is 0 Å². The molecule has 5 rings (SSSR count). The van der Waals surface area contributed by atoms with E-state index in [0.29, 0.717) is 23.9 Å². The van der Waals surface area contributed by atoms with Crippen molar-refractivity contribution in [3.05, 3.63) is 78.5 Å². The number of para-hydroxylation sites is 2. The number of aromatic nitrogens is 3. The summed E-state index contributed by atoms with van der Waals surface area (Å²) in [4.78, 5) is 37.7. The lowest BCUT2D eigenvalue weighted by atomic mass is 10.1. The first-order chi connectivity index (χ1) is 16.6. The van der Waals surface area contributed by atoms with Crippen molar-refractivity contribution in [3.63, 3.8) is 0 Å². The van der Waals surface area contributed by atoms with Gasteiger partial charge in [-0.25, -0.2) is 4.98 Å². The Labute approximate surface area is 201 Å². The fourth-order valence-corrected chi connectivity index (χ4v) is 5.37. The number of carbonyl (C=O) groups excluding carboxylic acids is 2. The molecular formula is C26H25N5O2S. The number of anilines is 1. The summed E-state index contributed by atoms with van der Waals surface area (Å²) in [6.07, 6.45) is 7.46. The van der Waals surface area contributed by atoms with Gasteiger partial charge >= 0.3 is 0 Å². The molecule has 0 aliphatic carbocycles. The molecule has 172 valence electrons. The second kappa shape index (κ2) is 9.61. The number of fused-ring (bicyclic) bond motifs is 1. The van der Waals surface area contributed by atoms with E-state index in [-0.39, 0.29) is 17.9 Å². The molecule has 0 saturated carbocycles. The minimum Gasteiger partial charge on any atom is -0.339 e. The van der Waals surface area contributed by atoms with E-state index in [1.165, 1.54) is 17.4 Å². The number of rotatable bonds is 5. The van der Waals surface area contributed by atoms with Crippen molar-refractivity contribution in [2.75, 3.05) is 18.4 Å². The molecule has 1 saturated heterocycles. The van der Waals surface area contributed by atoms with Gasteiger partial charge in [0.2, 0.25) is 11.9 Å². The molecule has 3 aromatic heterocycles. The summed E-state index contributed by atoms with van der Waals surface area (Å²) >= 11 is 1.43. The smallest absolute Gasteiger partial charge is 0.268 e. The third-order valence-corrected chi connectivity index (χ3v) is 7.28. The van der Waals surface area contributed by atoms with Crippen LogP contribution in [0.25, 0.3) is 21.5 Å². The molecule has 1 aromatic carbocycles. The summed E-state index contributed by atoms with van der Waals surface area (Å²) in [5.41, 5.74) is 2.80. The van der Waals surface area contributed by atoms with Gasteiger partial charge in [-0.15, -0.1) is 11.3 Å². The van der Waals surface area contributed by atoms with Crippen molar-refractivity contribution in [2.45, 2.75) is 25.3 Å². The molecule has 1 aliphatic heterocycles. The molecule has 1 fully saturated rings. The first-order valence-corrected chi connectivity index (χ1v) is 12.2. The fraction of sp³-hybridized carbons (Fsp3) is 0.231.